The zero-order chi connectivity index (χ0) is 26.5. The smallest absolute Gasteiger partial charge is 0.196 e. The van der Waals surface area contributed by atoms with Crippen molar-refractivity contribution in [3.63, 3.8) is 0 Å². The second-order valence-electron chi connectivity index (χ2n) is 7.64. The van der Waals surface area contributed by atoms with Gasteiger partial charge in [-0.05, 0) is 58.5 Å². The summed E-state index contributed by atoms with van der Waals surface area (Å²) in [6.45, 7) is 8.82. The highest BCUT2D eigenvalue weighted by Gasteiger charge is 2.21. The molecule has 0 radical (unpaired) electrons. The Labute approximate surface area is 235 Å². The Bertz CT molecular complexity index is 1560. The minimum absolute atomic E-state index is 0.291. The quantitative estimate of drug-likeness (QED) is 0.170. The summed E-state index contributed by atoms with van der Waals surface area (Å²) in [5.41, 5.74) is 0.582. The molecule has 0 aliphatic carbocycles. The molecular formula is C26H18N8S4. The average Bonchev–Trinajstić information content (AvgIpc) is 3.74. The van der Waals surface area contributed by atoms with Crippen LogP contribution in [0.15, 0.2) is 92.6 Å². The maximum Gasteiger partial charge on any atom is 0.196 e. The predicted molar refractivity (Wildman–Crippen MR) is 151 cm³/mol. The van der Waals surface area contributed by atoms with Gasteiger partial charge in [0.1, 0.15) is 12.1 Å². The van der Waals surface area contributed by atoms with Crippen molar-refractivity contribution in [1.82, 2.24) is 29.5 Å². The zero-order valence-corrected chi connectivity index (χ0v) is 23.1. The van der Waals surface area contributed by atoms with Crippen LogP contribution in [0.25, 0.3) is 21.4 Å². The summed E-state index contributed by atoms with van der Waals surface area (Å²) in [5, 5.41) is 42.5. The number of rotatable bonds is 10. The topological polar surface area (TPSA) is 109 Å². The van der Waals surface area contributed by atoms with E-state index < -0.39 is 0 Å². The zero-order valence-electron chi connectivity index (χ0n) is 19.8. The summed E-state index contributed by atoms with van der Waals surface area (Å²) >= 11 is 5.93. The SMILES string of the molecule is C=CCn1c(Sc2cc(C#N)c(C#N)cc2Sc2nnc(-c3cccs3)n2CC=C)nnc1-c1cccs1. The molecule has 12 heteroatoms. The summed E-state index contributed by atoms with van der Waals surface area (Å²) in [7, 11) is 0. The van der Waals surface area contributed by atoms with Gasteiger partial charge in [0, 0.05) is 22.9 Å². The third-order valence-corrected chi connectivity index (χ3v) is 9.21. The van der Waals surface area contributed by atoms with E-state index in [4.69, 9.17) is 0 Å². The lowest BCUT2D eigenvalue weighted by molar-refractivity contribution is 0.729. The minimum Gasteiger partial charge on any atom is -0.297 e. The fourth-order valence-electron chi connectivity index (χ4n) is 3.59. The third-order valence-electron chi connectivity index (χ3n) is 5.27. The Morgan fingerprint density at radius 3 is 1.55 bits per heavy atom. The molecule has 4 aromatic heterocycles. The first-order chi connectivity index (χ1) is 18.7. The number of benzene rings is 1. The van der Waals surface area contributed by atoms with E-state index in [1.807, 2.05) is 44.2 Å². The predicted octanol–water partition coefficient (Wildman–Crippen LogP) is 6.74. The Morgan fingerprint density at radius 1 is 0.763 bits per heavy atom. The first-order valence-corrected chi connectivity index (χ1v) is 14.6. The molecule has 0 fully saturated rings. The monoisotopic (exact) mass is 570 g/mol. The summed E-state index contributed by atoms with van der Waals surface area (Å²) in [5.74, 6) is 1.49. The normalized spacial score (nSPS) is 10.7. The maximum atomic E-state index is 9.71. The first-order valence-electron chi connectivity index (χ1n) is 11.2. The van der Waals surface area contributed by atoms with Gasteiger partial charge in [-0.25, -0.2) is 0 Å². The van der Waals surface area contributed by atoms with Crippen LogP contribution >= 0.6 is 46.2 Å². The van der Waals surface area contributed by atoms with Gasteiger partial charge in [0.25, 0.3) is 0 Å². The van der Waals surface area contributed by atoms with Gasteiger partial charge in [0.05, 0.1) is 20.9 Å². The molecule has 0 saturated heterocycles. The van der Waals surface area contributed by atoms with Crippen LogP contribution in [0.3, 0.4) is 0 Å². The highest BCUT2D eigenvalue weighted by atomic mass is 32.2. The molecule has 4 heterocycles. The van der Waals surface area contributed by atoms with E-state index in [9.17, 15) is 10.5 Å². The van der Waals surface area contributed by atoms with Gasteiger partial charge in [-0.2, -0.15) is 10.5 Å². The molecule has 0 unspecified atom stereocenters. The van der Waals surface area contributed by atoms with Crippen LogP contribution in [-0.4, -0.2) is 29.5 Å². The van der Waals surface area contributed by atoms with E-state index in [2.05, 4.69) is 45.7 Å². The number of allylic oxidation sites excluding steroid dienone is 2. The van der Waals surface area contributed by atoms with Crippen LogP contribution < -0.4 is 0 Å². The Hall–Kier alpha value is -3.94. The van der Waals surface area contributed by atoms with Crippen molar-refractivity contribution in [2.45, 2.75) is 33.2 Å². The van der Waals surface area contributed by atoms with Gasteiger partial charge < -0.3 is 0 Å². The second-order valence-corrected chi connectivity index (χ2v) is 11.6. The van der Waals surface area contributed by atoms with Crippen LogP contribution in [0.2, 0.25) is 0 Å². The molecule has 0 atom stereocenters. The Morgan fingerprint density at radius 2 is 1.21 bits per heavy atom. The lowest BCUT2D eigenvalue weighted by Gasteiger charge is -2.12. The molecule has 8 nitrogen and oxygen atoms in total. The van der Waals surface area contributed by atoms with Crippen LogP contribution in [0, 0.1) is 22.7 Å². The third kappa shape index (κ3) is 5.08. The van der Waals surface area contributed by atoms with E-state index in [0.717, 1.165) is 31.2 Å². The number of nitrogens with zero attached hydrogens (tertiary/aromatic N) is 8. The lowest BCUT2D eigenvalue weighted by Crippen LogP contribution is -2.01. The van der Waals surface area contributed by atoms with E-state index >= 15 is 0 Å². The molecule has 38 heavy (non-hydrogen) atoms. The van der Waals surface area contributed by atoms with E-state index in [1.54, 1.807) is 47.0 Å². The first kappa shape index (κ1) is 25.7. The van der Waals surface area contributed by atoms with Gasteiger partial charge in [0.15, 0.2) is 22.0 Å². The minimum atomic E-state index is 0.291. The fraction of sp³-hybridized carbons (Fsp3) is 0.0769. The number of aromatic nitrogens is 6. The molecule has 0 spiro atoms. The molecule has 0 amide bonds. The van der Waals surface area contributed by atoms with Crippen LogP contribution in [0.1, 0.15) is 11.1 Å². The average molecular weight is 571 g/mol. The molecule has 0 aliphatic heterocycles. The van der Waals surface area contributed by atoms with Crippen LogP contribution in [0.5, 0.6) is 0 Å². The van der Waals surface area contributed by atoms with E-state index in [0.29, 0.717) is 34.5 Å². The largest absolute Gasteiger partial charge is 0.297 e. The number of thiophene rings is 2. The molecular weight excluding hydrogens is 553 g/mol. The van der Waals surface area contributed by atoms with Crippen LogP contribution in [-0.2, 0) is 13.1 Å². The summed E-state index contributed by atoms with van der Waals surface area (Å²) in [6, 6.07) is 15.7. The maximum absolute atomic E-state index is 9.71. The molecule has 186 valence electrons. The standard InChI is InChI=1S/C26H18N8S4/c1-3-9-33-23(19-7-5-11-35-19)29-31-25(33)37-21-13-17(15-27)18(16-28)14-22(21)38-26-32-30-24(34(26)10-4-2)20-8-6-12-36-20/h3-8,11-14H,1-2,9-10H2. The summed E-state index contributed by atoms with van der Waals surface area (Å²) < 4.78 is 3.97. The summed E-state index contributed by atoms with van der Waals surface area (Å²) in [4.78, 5) is 3.51. The fourth-order valence-corrected chi connectivity index (χ4v) is 7.05. The lowest BCUT2D eigenvalue weighted by atomic mass is 10.1. The van der Waals surface area contributed by atoms with Gasteiger partial charge in [0.2, 0.25) is 0 Å². The van der Waals surface area contributed by atoms with Crippen molar-refractivity contribution < 1.29 is 0 Å². The van der Waals surface area contributed by atoms with Crippen molar-refractivity contribution in [2.24, 2.45) is 0 Å². The van der Waals surface area contributed by atoms with E-state index in [-0.39, 0.29) is 0 Å². The second kappa shape index (κ2) is 11.6. The van der Waals surface area contributed by atoms with Crippen molar-refractivity contribution >= 4 is 46.2 Å². The molecule has 0 aliphatic rings. The number of hydrogen-bond acceptors (Lipinski definition) is 10. The molecule has 5 rings (SSSR count). The van der Waals surface area contributed by atoms with Gasteiger partial charge in [-0.1, -0.05) is 24.3 Å². The molecule has 0 bridgehead atoms. The van der Waals surface area contributed by atoms with Crippen molar-refractivity contribution in [3.8, 4) is 33.5 Å². The molecule has 0 saturated carbocycles. The molecule has 0 N–H and O–H groups in total. The van der Waals surface area contributed by atoms with Crippen molar-refractivity contribution in [2.75, 3.05) is 0 Å². The summed E-state index contributed by atoms with van der Waals surface area (Å²) in [6.07, 6.45) is 3.59. The van der Waals surface area contributed by atoms with Gasteiger partial charge in [-0.3, -0.25) is 9.13 Å². The van der Waals surface area contributed by atoms with Gasteiger partial charge in [-0.15, -0.1) is 56.2 Å². The molecule has 5 aromatic rings. The number of hydrogen-bond donors (Lipinski definition) is 0. The highest BCUT2D eigenvalue weighted by Crippen LogP contribution is 2.41. The Balaban J connectivity index is 1.58. The number of nitriles is 2. The van der Waals surface area contributed by atoms with Gasteiger partial charge >= 0.3 is 0 Å². The highest BCUT2D eigenvalue weighted by molar-refractivity contribution is 8.02. The van der Waals surface area contributed by atoms with Crippen molar-refractivity contribution in [1.29, 1.82) is 10.5 Å². The Kier molecular flexibility index (Phi) is 7.86. The van der Waals surface area contributed by atoms with E-state index in [1.165, 1.54) is 23.5 Å². The van der Waals surface area contributed by atoms with Crippen molar-refractivity contribution in [3.05, 3.63) is 83.6 Å². The van der Waals surface area contributed by atoms with Crippen LogP contribution in [0.4, 0.5) is 0 Å². The molecule has 1 aromatic carbocycles.